The van der Waals surface area contributed by atoms with E-state index in [1.54, 1.807) is 0 Å². The fraction of sp³-hybridized carbons (Fsp3) is 1.00. The summed E-state index contributed by atoms with van der Waals surface area (Å²) < 4.78 is 0. The normalized spacial score (nSPS) is 7.56. The summed E-state index contributed by atoms with van der Waals surface area (Å²) in [7, 11) is 2.19. The van der Waals surface area contributed by atoms with Crippen molar-refractivity contribution < 1.29 is 14.1 Å². The summed E-state index contributed by atoms with van der Waals surface area (Å²) in [6.45, 7) is 8.65. The summed E-state index contributed by atoms with van der Waals surface area (Å²) in [5, 5.41) is 0.417. The lowest BCUT2D eigenvalue weighted by atomic mass is 9.57. The highest BCUT2D eigenvalue weighted by Crippen LogP contribution is 2.18. The van der Waals surface area contributed by atoms with Crippen molar-refractivity contribution in [3.8, 4) is 0 Å². The van der Waals surface area contributed by atoms with Crippen LogP contribution in [0.15, 0.2) is 0 Å². The molecule has 9 heavy (non-hydrogen) atoms. The molecule has 0 rings (SSSR count). The lowest BCUT2D eigenvalue weighted by Crippen LogP contribution is -2.01. The van der Waals surface area contributed by atoms with Crippen LogP contribution in [0.3, 0.4) is 0 Å². The third kappa shape index (κ3) is 33.0. The first-order valence-electron chi connectivity index (χ1n) is 2.37. The van der Waals surface area contributed by atoms with Crippen LogP contribution in [0.4, 0.5) is 14.1 Å². The third-order valence-corrected chi connectivity index (χ3v) is 0.866. The molecule has 1 radical (unpaired) electrons. The second-order valence-electron chi connectivity index (χ2n) is 2.65. The molecular formula is C5H15BF3. The van der Waals surface area contributed by atoms with E-state index in [4.69, 9.17) is 0 Å². The van der Waals surface area contributed by atoms with Crippen molar-refractivity contribution in [2.45, 2.75) is 32.9 Å². The van der Waals surface area contributed by atoms with Gasteiger partial charge < -0.3 is 0 Å². The third-order valence-electron chi connectivity index (χ3n) is 0.866. The van der Waals surface area contributed by atoms with Crippen molar-refractivity contribution in [2.24, 2.45) is 0 Å². The molecule has 0 fully saturated rings. The number of hydrogen-bond acceptors (Lipinski definition) is 0. The van der Waals surface area contributed by atoms with Gasteiger partial charge in [0.15, 0.2) is 0 Å². The molecule has 0 heterocycles. The average molecular weight is 143 g/mol. The topological polar surface area (TPSA) is 0 Å². The molecular weight excluding hydrogens is 128 g/mol. The van der Waals surface area contributed by atoms with Gasteiger partial charge in [-0.15, -0.1) is 0 Å². The number of halogens is 3. The van der Waals surface area contributed by atoms with Crippen LogP contribution in [0.25, 0.3) is 0 Å². The fourth-order valence-corrected chi connectivity index (χ4v) is 0. The first-order valence-corrected chi connectivity index (χ1v) is 2.37. The van der Waals surface area contributed by atoms with Crippen molar-refractivity contribution in [1.82, 2.24) is 0 Å². The molecule has 0 aliphatic heterocycles. The Labute approximate surface area is 55.4 Å². The zero-order valence-electron chi connectivity index (χ0n) is 6.30. The lowest BCUT2D eigenvalue weighted by molar-refractivity contribution is 0.756. The molecule has 0 amide bonds. The van der Waals surface area contributed by atoms with Crippen LogP contribution >= 0.6 is 0 Å². The van der Waals surface area contributed by atoms with Gasteiger partial charge in [0.1, 0.15) is 7.28 Å². The molecule has 0 atom stereocenters. The second-order valence-corrected chi connectivity index (χ2v) is 2.65. The number of rotatable bonds is 0. The van der Waals surface area contributed by atoms with E-state index in [9.17, 15) is 0 Å². The van der Waals surface area contributed by atoms with Crippen molar-refractivity contribution in [2.75, 3.05) is 0 Å². The van der Waals surface area contributed by atoms with Gasteiger partial charge in [-0.2, -0.15) is 0 Å². The van der Waals surface area contributed by atoms with Gasteiger partial charge in [0.25, 0.3) is 0 Å². The van der Waals surface area contributed by atoms with E-state index < -0.39 is 0 Å². The first kappa shape index (κ1) is 23.2. The smallest absolute Gasteiger partial charge is 0.113 e. The molecule has 0 spiro atoms. The minimum absolute atomic E-state index is 0. The minimum Gasteiger partial charge on any atom is -0.269 e. The van der Waals surface area contributed by atoms with Gasteiger partial charge in [-0.25, -0.2) is 0 Å². The molecule has 0 unspecified atom stereocenters. The Kier molecular flexibility index (Phi) is 20.2. The van der Waals surface area contributed by atoms with Crippen molar-refractivity contribution in [3.05, 3.63) is 0 Å². The zero-order valence-corrected chi connectivity index (χ0v) is 6.30. The Morgan fingerprint density at radius 3 is 1.00 bits per heavy atom. The van der Waals surface area contributed by atoms with Crippen molar-refractivity contribution in [3.63, 3.8) is 0 Å². The van der Waals surface area contributed by atoms with Crippen LogP contribution in [0, 0.1) is 0 Å². The van der Waals surface area contributed by atoms with Crippen LogP contribution < -0.4 is 0 Å². The largest absolute Gasteiger partial charge is 0.269 e. The standard InChI is InChI=1S/C5H12B.3FH/c1-5(2,3)6-4;;;/h1-4H3;3*1H. The summed E-state index contributed by atoms with van der Waals surface area (Å²) in [6.07, 6.45) is 0. The van der Waals surface area contributed by atoms with Gasteiger partial charge in [-0.05, 0) is 0 Å². The zero-order chi connectivity index (χ0) is 5.21. The van der Waals surface area contributed by atoms with Crippen LogP contribution in [0.5, 0.6) is 0 Å². The van der Waals surface area contributed by atoms with E-state index in [0.29, 0.717) is 5.31 Å². The highest BCUT2D eigenvalue weighted by atomic mass is 19.0. The quantitative estimate of drug-likeness (QED) is 0.456. The Balaban J connectivity index is -0.0000000417. The Hall–Kier alpha value is -0.145. The molecule has 4 heteroatoms. The summed E-state index contributed by atoms with van der Waals surface area (Å²) >= 11 is 0. The molecule has 0 saturated carbocycles. The average Bonchev–Trinajstić information content (AvgIpc) is 1.35. The summed E-state index contributed by atoms with van der Waals surface area (Å²) in [5.41, 5.74) is 0. The highest BCUT2D eigenvalue weighted by molar-refractivity contribution is 6.37. The maximum absolute atomic E-state index is 2.19. The Bertz CT molecular complexity index is 42.0. The van der Waals surface area contributed by atoms with Crippen molar-refractivity contribution >= 4 is 7.28 Å². The summed E-state index contributed by atoms with van der Waals surface area (Å²) in [6, 6.07) is 0. The highest BCUT2D eigenvalue weighted by Gasteiger charge is 2.04. The monoisotopic (exact) mass is 143 g/mol. The molecule has 0 aliphatic rings. The predicted molar refractivity (Wildman–Crippen MR) is 38.8 cm³/mol. The molecule has 0 saturated heterocycles. The van der Waals surface area contributed by atoms with Crippen LogP contribution in [0.2, 0.25) is 12.1 Å². The molecule has 0 aromatic rings. The Morgan fingerprint density at radius 2 is 1.00 bits per heavy atom. The summed E-state index contributed by atoms with van der Waals surface area (Å²) in [4.78, 5) is 0. The number of hydrogen-bond donors (Lipinski definition) is 0. The fourth-order valence-electron chi connectivity index (χ4n) is 0. The van der Waals surface area contributed by atoms with Gasteiger partial charge in [0.2, 0.25) is 0 Å². The second kappa shape index (κ2) is 7.85. The van der Waals surface area contributed by atoms with Crippen LogP contribution in [-0.2, 0) is 0 Å². The van der Waals surface area contributed by atoms with Crippen LogP contribution in [-0.4, -0.2) is 7.28 Å². The van der Waals surface area contributed by atoms with E-state index in [-0.39, 0.29) is 14.1 Å². The first-order chi connectivity index (χ1) is 2.56. The van der Waals surface area contributed by atoms with Gasteiger partial charge in [-0.3, -0.25) is 14.1 Å². The van der Waals surface area contributed by atoms with Gasteiger partial charge in [-0.1, -0.05) is 32.9 Å². The van der Waals surface area contributed by atoms with Crippen molar-refractivity contribution in [1.29, 1.82) is 0 Å². The predicted octanol–water partition coefficient (Wildman–Crippen LogP) is 2.41. The van der Waals surface area contributed by atoms with Gasteiger partial charge in [0, 0.05) is 0 Å². The van der Waals surface area contributed by atoms with Crippen LogP contribution in [0.1, 0.15) is 20.8 Å². The minimum atomic E-state index is 0. The lowest BCUT2D eigenvalue weighted by Gasteiger charge is -2.11. The van der Waals surface area contributed by atoms with E-state index in [1.165, 1.54) is 0 Å². The molecule has 0 aromatic carbocycles. The van der Waals surface area contributed by atoms with Gasteiger partial charge >= 0.3 is 0 Å². The Morgan fingerprint density at radius 1 is 0.889 bits per heavy atom. The SMILES string of the molecule is C[B]C(C)(C)C.F.F.F. The maximum Gasteiger partial charge on any atom is 0.113 e. The molecule has 0 nitrogen and oxygen atoms in total. The van der Waals surface area contributed by atoms with E-state index in [0.717, 1.165) is 0 Å². The summed E-state index contributed by atoms with van der Waals surface area (Å²) in [5.74, 6) is 0. The molecule has 0 aliphatic carbocycles. The van der Waals surface area contributed by atoms with Gasteiger partial charge in [0.05, 0.1) is 0 Å². The van der Waals surface area contributed by atoms with E-state index in [1.807, 2.05) is 0 Å². The molecule has 0 aromatic heterocycles. The van der Waals surface area contributed by atoms with E-state index in [2.05, 4.69) is 34.9 Å². The van der Waals surface area contributed by atoms with E-state index >= 15 is 0 Å². The molecule has 0 N–H and O–H groups in total. The molecule has 0 bridgehead atoms. The molecule has 59 valence electrons. The maximum atomic E-state index is 2.19.